The second-order valence-corrected chi connectivity index (χ2v) is 8.01. The minimum Gasteiger partial charge on any atom is -0.355 e. The summed E-state index contributed by atoms with van der Waals surface area (Å²) in [7, 11) is 0. The first-order valence-corrected chi connectivity index (χ1v) is 9.27. The molecule has 0 radical (unpaired) electrons. The molecule has 1 unspecified atom stereocenters. The number of hydrogen-bond acceptors (Lipinski definition) is 4. The third-order valence-corrected chi connectivity index (χ3v) is 4.61. The zero-order valence-corrected chi connectivity index (χ0v) is 16.6. The number of pyridine rings is 1. The van der Waals surface area contributed by atoms with Crippen LogP contribution in [-0.2, 0) is 15.8 Å². The summed E-state index contributed by atoms with van der Waals surface area (Å²) in [6.07, 6.45) is -2.93. The van der Waals surface area contributed by atoms with Crippen molar-refractivity contribution >= 4 is 17.6 Å². The second kappa shape index (κ2) is 8.36. The highest BCUT2D eigenvalue weighted by atomic mass is 19.4. The largest absolute Gasteiger partial charge is 0.417 e. The number of carbonyl (C=O) groups excluding carboxylic acids is 2. The Balaban J connectivity index is 1.97. The Hall–Kier alpha value is -2.32. The molecule has 1 fully saturated rings. The Morgan fingerprint density at radius 3 is 2.32 bits per heavy atom. The number of hydrogen-bond donors (Lipinski definition) is 1. The maximum Gasteiger partial charge on any atom is 0.417 e. The number of carbonyl (C=O) groups is 2. The van der Waals surface area contributed by atoms with Crippen LogP contribution in [0.3, 0.4) is 0 Å². The van der Waals surface area contributed by atoms with Crippen molar-refractivity contribution in [2.45, 2.75) is 46.3 Å². The van der Waals surface area contributed by atoms with Gasteiger partial charge in [-0.15, -0.1) is 0 Å². The first-order valence-electron chi connectivity index (χ1n) is 9.27. The fourth-order valence-electron chi connectivity index (χ4n) is 2.86. The molecule has 9 heteroatoms. The third-order valence-electron chi connectivity index (χ3n) is 4.61. The molecule has 0 aromatic carbocycles. The van der Waals surface area contributed by atoms with E-state index in [2.05, 4.69) is 10.3 Å². The summed E-state index contributed by atoms with van der Waals surface area (Å²) in [4.78, 5) is 32.2. The molecule has 0 aliphatic carbocycles. The lowest BCUT2D eigenvalue weighted by atomic mass is 9.95. The number of anilines is 1. The molecule has 1 saturated heterocycles. The molecule has 1 aliphatic heterocycles. The van der Waals surface area contributed by atoms with Gasteiger partial charge in [-0.2, -0.15) is 13.2 Å². The molecule has 0 saturated carbocycles. The van der Waals surface area contributed by atoms with E-state index in [4.69, 9.17) is 0 Å². The van der Waals surface area contributed by atoms with Gasteiger partial charge in [0, 0.05) is 37.8 Å². The molecule has 1 atom stereocenters. The van der Waals surface area contributed by atoms with E-state index in [0.717, 1.165) is 12.3 Å². The van der Waals surface area contributed by atoms with Crippen LogP contribution in [0.2, 0.25) is 0 Å². The number of aromatic nitrogens is 1. The first-order chi connectivity index (χ1) is 12.9. The maximum absolute atomic E-state index is 12.7. The van der Waals surface area contributed by atoms with Crippen molar-refractivity contribution in [3.63, 3.8) is 0 Å². The Kier molecular flexibility index (Phi) is 6.56. The molecule has 1 aliphatic rings. The van der Waals surface area contributed by atoms with Crippen molar-refractivity contribution in [1.82, 2.24) is 15.2 Å². The highest BCUT2D eigenvalue weighted by molar-refractivity contribution is 5.89. The average molecular weight is 400 g/mol. The molecule has 28 heavy (non-hydrogen) atoms. The van der Waals surface area contributed by atoms with E-state index in [1.807, 2.05) is 4.90 Å². The zero-order chi connectivity index (χ0) is 21.1. The van der Waals surface area contributed by atoms with Crippen molar-refractivity contribution < 1.29 is 22.8 Å². The normalized spacial score (nSPS) is 17.1. The summed E-state index contributed by atoms with van der Waals surface area (Å²) in [5.74, 6) is 0.0926. The number of alkyl halides is 3. The number of halogens is 3. The van der Waals surface area contributed by atoms with E-state index in [0.29, 0.717) is 38.4 Å². The first kappa shape index (κ1) is 22.0. The number of rotatable bonds is 3. The summed E-state index contributed by atoms with van der Waals surface area (Å²) in [5, 5.41) is 2.74. The molecule has 0 spiro atoms. The maximum atomic E-state index is 12.7. The van der Waals surface area contributed by atoms with E-state index in [1.54, 1.807) is 32.6 Å². The fourth-order valence-corrected chi connectivity index (χ4v) is 2.86. The number of nitrogens with one attached hydrogen (secondary N) is 1. The van der Waals surface area contributed by atoms with Gasteiger partial charge in [-0.1, -0.05) is 20.8 Å². The predicted molar refractivity (Wildman–Crippen MR) is 99.7 cm³/mol. The van der Waals surface area contributed by atoms with E-state index in [9.17, 15) is 22.8 Å². The van der Waals surface area contributed by atoms with Crippen molar-refractivity contribution in [3.05, 3.63) is 23.9 Å². The van der Waals surface area contributed by atoms with Crippen LogP contribution in [0.1, 0.15) is 39.7 Å². The van der Waals surface area contributed by atoms with E-state index >= 15 is 0 Å². The van der Waals surface area contributed by atoms with Crippen LogP contribution in [0.15, 0.2) is 18.3 Å². The van der Waals surface area contributed by atoms with Crippen LogP contribution in [0.25, 0.3) is 0 Å². The van der Waals surface area contributed by atoms with Crippen molar-refractivity contribution in [3.8, 4) is 0 Å². The van der Waals surface area contributed by atoms with Gasteiger partial charge in [0.2, 0.25) is 11.8 Å². The molecule has 2 heterocycles. The summed E-state index contributed by atoms with van der Waals surface area (Å²) >= 11 is 0. The molecule has 0 bridgehead atoms. The molecule has 156 valence electrons. The highest BCUT2D eigenvalue weighted by Gasteiger charge is 2.31. The van der Waals surface area contributed by atoms with Crippen LogP contribution >= 0.6 is 0 Å². The van der Waals surface area contributed by atoms with Gasteiger partial charge in [-0.05, 0) is 25.5 Å². The summed E-state index contributed by atoms with van der Waals surface area (Å²) in [6.45, 7) is 8.98. The highest BCUT2D eigenvalue weighted by Crippen LogP contribution is 2.29. The average Bonchev–Trinajstić information content (AvgIpc) is 2.85. The quantitative estimate of drug-likeness (QED) is 0.847. The fraction of sp³-hybridized carbons (Fsp3) is 0.632. The second-order valence-electron chi connectivity index (χ2n) is 8.01. The van der Waals surface area contributed by atoms with Crippen LogP contribution in [-0.4, -0.2) is 53.9 Å². The Morgan fingerprint density at radius 2 is 1.79 bits per heavy atom. The lowest BCUT2D eigenvalue weighted by Gasteiger charge is -2.27. The third kappa shape index (κ3) is 5.59. The molecule has 2 amide bonds. The molecule has 2 rings (SSSR count). The van der Waals surface area contributed by atoms with Crippen LogP contribution in [0.4, 0.5) is 19.0 Å². The molecule has 6 nitrogen and oxygen atoms in total. The topological polar surface area (TPSA) is 65.5 Å². The van der Waals surface area contributed by atoms with Gasteiger partial charge in [0.15, 0.2) is 0 Å². The lowest BCUT2D eigenvalue weighted by molar-refractivity contribution is -0.138. The molecular weight excluding hydrogens is 373 g/mol. The van der Waals surface area contributed by atoms with Crippen LogP contribution in [0.5, 0.6) is 0 Å². The molecule has 1 aromatic rings. The lowest BCUT2D eigenvalue weighted by Crippen LogP contribution is -2.50. The SMILES string of the molecule is CC(NC(=O)C(C)(C)C)C(=O)N1CCCN(c2ccc(C(F)(F)F)cn2)CC1. The van der Waals surface area contributed by atoms with Gasteiger partial charge in [-0.3, -0.25) is 9.59 Å². The number of amides is 2. The molecule has 1 aromatic heterocycles. The van der Waals surface area contributed by atoms with E-state index in [1.165, 1.54) is 6.07 Å². The Bertz CT molecular complexity index is 699. The van der Waals surface area contributed by atoms with Crippen molar-refractivity contribution in [2.75, 3.05) is 31.1 Å². The van der Waals surface area contributed by atoms with Gasteiger partial charge in [0.25, 0.3) is 0 Å². The van der Waals surface area contributed by atoms with Crippen LogP contribution < -0.4 is 10.2 Å². The minimum atomic E-state index is -4.42. The minimum absolute atomic E-state index is 0.167. The summed E-state index contributed by atoms with van der Waals surface area (Å²) in [5.41, 5.74) is -1.37. The van der Waals surface area contributed by atoms with Crippen LogP contribution in [0, 0.1) is 5.41 Å². The Morgan fingerprint density at radius 1 is 1.11 bits per heavy atom. The van der Waals surface area contributed by atoms with Crippen molar-refractivity contribution in [2.24, 2.45) is 5.41 Å². The summed E-state index contributed by atoms with van der Waals surface area (Å²) < 4.78 is 38.0. The van der Waals surface area contributed by atoms with Gasteiger partial charge >= 0.3 is 6.18 Å². The van der Waals surface area contributed by atoms with Gasteiger partial charge in [0.05, 0.1) is 5.56 Å². The molecular formula is C19H27F3N4O2. The van der Waals surface area contributed by atoms with Gasteiger partial charge < -0.3 is 15.1 Å². The van der Waals surface area contributed by atoms with E-state index < -0.39 is 23.2 Å². The standard InChI is InChI=1S/C19H27F3N4O2/c1-13(24-17(28)18(2,3)4)16(27)26-9-5-8-25(10-11-26)15-7-6-14(12-23-15)19(20,21)22/h6-7,12-13H,5,8-11H2,1-4H3,(H,24,28). The monoisotopic (exact) mass is 400 g/mol. The van der Waals surface area contributed by atoms with Gasteiger partial charge in [0.1, 0.15) is 11.9 Å². The van der Waals surface area contributed by atoms with Crippen molar-refractivity contribution in [1.29, 1.82) is 0 Å². The zero-order valence-electron chi connectivity index (χ0n) is 16.6. The van der Waals surface area contributed by atoms with E-state index in [-0.39, 0.29) is 11.8 Å². The molecule has 1 N–H and O–H groups in total. The Labute approximate surface area is 163 Å². The number of nitrogens with zero attached hydrogens (tertiary/aromatic N) is 3. The smallest absolute Gasteiger partial charge is 0.355 e. The van der Waals surface area contributed by atoms with Gasteiger partial charge in [-0.25, -0.2) is 4.98 Å². The summed E-state index contributed by atoms with van der Waals surface area (Å²) in [6, 6.07) is 1.73. The predicted octanol–water partition coefficient (Wildman–Crippen LogP) is 2.69.